The summed E-state index contributed by atoms with van der Waals surface area (Å²) in [6.07, 6.45) is 0.919. The van der Waals surface area contributed by atoms with Gasteiger partial charge in [0.2, 0.25) is 5.76 Å². The molecule has 1 aliphatic heterocycles. The lowest BCUT2D eigenvalue weighted by atomic mass is 9.97. The summed E-state index contributed by atoms with van der Waals surface area (Å²) >= 11 is 3.45. The second kappa shape index (κ2) is 10.7. The summed E-state index contributed by atoms with van der Waals surface area (Å²) < 4.78 is 18.8. The van der Waals surface area contributed by atoms with Crippen LogP contribution in [0.4, 0.5) is 5.69 Å². The number of halogens is 1. The third-order valence-corrected chi connectivity index (χ3v) is 7.14. The highest BCUT2D eigenvalue weighted by Crippen LogP contribution is 2.43. The van der Waals surface area contributed by atoms with Crippen molar-refractivity contribution >= 4 is 38.5 Å². The van der Waals surface area contributed by atoms with E-state index in [1.807, 2.05) is 56.3 Å². The van der Waals surface area contributed by atoms with Crippen LogP contribution in [0.25, 0.3) is 11.0 Å². The van der Waals surface area contributed by atoms with Crippen LogP contribution in [0.15, 0.2) is 74.3 Å². The molecule has 0 bridgehead atoms. The number of benzene rings is 3. The van der Waals surface area contributed by atoms with E-state index in [9.17, 15) is 9.59 Å². The summed E-state index contributed by atoms with van der Waals surface area (Å²) in [5, 5.41) is 0.417. The average Bonchev–Trinajstić information content (AvgIpc) is 3.18. The molecule has 0 fully saturated rings. The Labute approximate surface area is 230 Å². The van der Waals surface area contributed by atoms with E-state index in [4.69, 9.17) is 13.9 Å². The first kappa shape index (κ1) is 26.0. The van der Waals surface area contributed by atoms with Gasteiger partial charge in [-0.05, 0) is 79.8 Å². The van der Waals surface area contributed by atoms with E-state index in [1.54, 1.807) is 23.1 Å². The number of carbonyl (C=O) groups excluding carboxylic acids is 1. The Morgan fingerprint density at radius 3 is 2.55 bits per heavy atom. The van der Waals surface area contributed by atoms with Crippen molar-refractivity contribution in [1.29, 1.82) is 0 Å². The fourth-order valence-electron chi connectivity index (χ4n) is 4.79. The number of fused-ring (bicyclic) bond motifs is 2. The molecule has 0 spiro atoms. The van der Waals surface area contributed by atoms with Crippen molar-refractivity contribution in [2.75, 3.05) is 18.1 Å². The molecule has 6 nitrogen and oxygen atoms in total. The van der Waals surface area contributed by atoms with Gasteiger partial charge in [0.15, 0.2) is 16.9 Å². The molecule has 1 aliphatic rings. The number of ether oxygens (including phenoxy) is 2. The number of anilines is 1. The van der Waals surface area contributed by atoms with Crippen LogP contribution in [-0.2, 0) is 0 Å². The Morgan fingerprint density at radius 1 is 1.00 bits per heavy atom. The van der Waals surface area contributed by atoms with Crippen LogP contribution in [-0.4, -0.2) is 19.1 Å². The minimum atomic E-state index is -0.692. The number of hydrogen-bond acceptors (Lipinski definition) is 5. The summed E-state index contributed by atoms with van der Waals surface area (Å²) in [7, 11) is 0. The maximum absolute atomic E-state index is 13.9. The summed E-state index contributed by atoms with van der Waals surface area (Å²) in [4.78, 5) is 29.4. The summed E-state index contributed by atoms with van der Waals surface area (Å²) in [5.74, 6) is 1.44. The van der Waals surface area contributed by atoms with Gasteiger partial charge in [-0.2, -0.15) is 0 Å². The number of amides is 1. The van der Waals surface area contributed by atoms with Gasteiger partial charge in [0.25, 0.3) is 5.91 Å². The Balaban J connectivity index is 1.70. The van der Waals surface area contributed by atoms with Crippen molar-refractivity contribution in [2.24, 2.45) is 5.92 Å². The Kier molecular flexibility index (Phi) is 7.30. The topological polar surface area (TPSA) is 69.0 Å². The number of rotatable bonds is 8. The summed E-state index contributed by atoms with van der Waals surface area (Å²) in [5.41, 5.74) is 2.89. The molecule has 0 saturated carbocycles. The molecule has 1 amide bonds. The van der Waals surface area contributed by atoms with Gasteiger partial charge in [0.1, 0.15) is 5.58 Å². The van der Waals surface area contributed by atoms with Crippen LogP contribution in [0.5, 0.6) is 11.5 Å². The van der Waals surface area contributed by atoms with Crippen molar-refractivity contribution < 1.29 is 18.7 Å². The molecule has 2 heterocycles. The lowest BCUT2D eigenvalue weighted by molar-refractivity contribution is 0.0971. The number of nitrogens with zero attached hydrogens (tertiary/aromatic N) is 1. The molecule has 4 aromatic rings. The predicted octanol–water partition coefficient (Wildman–Crippen LogP) is 7.44. The number of aryl methyl sites for hydroxylation is 1. The zero-order valence-electron chi connectivity index (χ0n) is 21.9. The van der Waals surface area contributed by atoms with Crippen molar-refractivity contribution in [3.8, 4) is 11.5 Å². The first-order valence-corrected chi connectivity index (χ1v) is 13.6. The number of hydrogen-bond donors (Lipinski definition) is 0. The second-order valence-electron chi connectivity index (χ2n) is 9.90. The number of carbonyl (C=O) groups is 1. The highest BCUT2D eigenvalue weighted by molar-refractivity contribution is 9.10. The van der Waals surface area contributed by atoms with E-state index in [2.05, 4.69) is 29.8 Å². The molecular formula is C31H30BrNO5. The van der Waals surface area contributed by atoms with Gasteiger partial charge in [-0.15, -0.1) is 0 Å². The van der Waals surface area contributed by atoms with E-state index in [1.165, 1.54) is 0 Å². The minimum Gasteiger partial charge on any atom is -0.490 e. The fraction of sp³-hybridized carbons (Fsp3) is 0.290. The van der Waals surface area contributed by atoms with Gasteiger partial charge in [-0.25, -0.2) is 0 Å². The summed E-state index contributed by atoms with van der Waals surface area (Å²) in [6.45, 7) is 9.21. The van der Waals surface area contributed by atoms with E-state index in [-0.39, 0.29) is 17.1 Å². The Bertz CT molecular complexity index is 1570. The second-order valence-corrected chi connectivity index (χ2v) is 10.8. The molecule has 0 aliphatic carbocycles. The van der Waals surface area contributed by atoms with Gasteiger partial charge in [-0.3, -0.25) is 14.5 Å². The van der Waals surface area contributed by atoms with E-state index >= 15 is 0 Å². The van der Waals surface area contributed by atoms with Crippen LogP contribution < -0.4 is 19.8 Å². The molecule has 3 aromatic carbocycles. The molecule has 5 rings (SSSR count). The van der Waals surface area contributed by atoms with Crippen LogP contribution in [0, 0.1) is 12.8 Å². The molecule has 38 heavy (non-hydrogen) atoms. The highest BCUT2D eigenvalue weighted by atomic mass is 79.9. The van der Waals surface area contributed by atoms with E-state index < -0.39 is 6.04 Å². The lowest BCUT2D eigenvalue weighted by Crippen LogP contribution is -2.29. The summed E-state index contributed by atoms with van der Waals surface area (Å²) in [6, 6.07) is 17.8. The van der Waals surface area contributed by atoms with Crippen LogP contribution >= 0.6 is 15.9 Å². The SMILES string of the molecule is CCOc1cc(C2c3c(oc4ccc(Br)cc4c3=O)C(=O)N2c2cccc(C)c2)ccc1OCCC(C)C. The van der Waals surface area contributed by atoms with Crippen molar-refractivity contribution in [2.45, 2.75) is 40.2 Å². The predicted molar refractivity (Wildman–Crippen MR) is 153 cm³/mol. The zero-order valence-corrected chi connectivity index (χ0v) is 23.5. The van der Waals surface area contributed by atoms with Crippen LogP contribution in [0.2, 0.25) is 0 Å². The molecule has 0 N–H and O–H groups in total. The molecule has 1 aromatic heterocycles. The molecule has 0 saturated heterocycles. The maximum atomic E-state index is 13.9. The van der Waals surface area contributed by atoms with Crippen molar-refractivity contribution in [3.05, 3.63) is 97.8 Å². The van der Waals surface area contributed by atoms with Crippen LogP contribution in [0.3, 0.4) is 0 Å². The molecule has 196 valence electrons. The highest BCUT2D eigenvalue weighted by Gasteiger charge is 2.44. The van der Waals surface area contributed by atoms with Gasteiger partial charge < -0.3 is 13.9 Å². The average molecular weight is 576 g/mol. The first-order valence-electron chi connectivity index (χ1n) is 12.8. The fourth-order valence-corrected chi connectivity index (χ4v) is 5.15. The molecule has 0 radical (unpaired) electrons. The third-order valence-electron chi connectivity index (χ3n) is 6.65. The zero-order chi connectivity index (χ0) is 27.0. The monoisotopic (exact) mass is 575 g/mol. The largest absolute Gasteiger partial charge is 0.490 e. The first-order chi connectivity index (χ1) is 18.3. The van der Waals surface area contributed by atoms with Crippen molar-refractivity contribution in [1.82, 2.24) is 0 Å². The van der Waals surface area contributed by atoms with Gasteiger partial charge in [0, 0.05) is 10.2 Å². The molecule has 7 heteroatoms. The molecular weight excluding hydrogens is 546 g/mol. The quantitative estimate of drug-likeness (QED) is 0.218. The minimum absolute atomic E-state index is 0.0616. The van der Waals surface area contributed by atoms with Crippen LogP contribution in [0.1, 0.15) is 60.5 Å². The maximum Gasteiger partial charge on any atom is 0.295 e. The molecule has 1 unspecified atom stereocenters. The van der Waals surface area contributed by atoms with E-state index in [0.717, 1.165) is 22.0 Å². The normalized spacial score (nSPS) is 14.8. The Hall–Kier alpha value is -3.58. The van der Waals surface area contributed by atoms with Gasteiger partial charge >= 0.3 is 0 Å². The third kappa shape index (κ3) is 4.83. The van der Waals surface area contributed by atoms with Gasteiger partial charge in [0.05, 0.1) is 30.2 Å². The van der Waals surface area contributed by atoms with Crippen molar-refractivity contribution in [3.63, 3.8) is 0 Å². The standard InChI is InChI=1S/C31H30BrNO5/c1-5-36-26-16-20(9-11-25(26)37-14-13-18(2)3)28-27-29(34)23-17-21(32)10-12-24(23)38-30(27)31(35)33(28)22-8-6-7-19(4)15-22/h6-12,15-18,28H,5,13-14H2,1-4H3. The Morgan fingerprint density at radius 2 is 1.82 bits per heavy atom. The smallest absolute Gasteiger partial charge is 0.295 e. The lowest BCUT2D eigenvalue weighted by Gasteiger charge is -2.26. The molecule has 1 atom stereocenters. The van der Waals surface area contributed by atoms with Gasteiger partial charge in [-0.1, -0.05) is 48.0 Å². The van der Waals surface area contributed by atoms with E-state index in [0.29, 0.717) is 52.9 Å².